The minimum Gasteiger partial charge on any atom is -0.329 e. The van der Waals surface area contributed by atoms with Gasteiger partial charge in [0.25, 0.3) is 0 Å². The van der Waals surface area contributed by atoms with Gasteiger partial charge in [-0.15, -0.1) is 0 Å². The first kappa shape index (κ1) is 20.8. The van der Waals surface area contributed by atoms with E-state index in [0.29, 0.717) is 18.0 Å². The van der Waals surface area contributed by atoms with Crippen LogP contribution >= 0.6 is 0 Å². The van der Waals surface area contributed by atoms with Gasteiger partial charge < -0.3 is 4.90 Å². The Kier molecular flexibility index (Phi) is 6.38. The number of rotatable bonds is 5. The molecule has 0 atom stereocenters. The van der Waals surface area contributed by atoms with Crippen LogP contribution in [0.1, 0.15) is 31.9 Å². The molecular weight excluding hydrogens is 368 g/mol. The van der Waals surface area contributed by atoms with E-state index in [1.807, 2.05) is 30.3 Å². The molecule has 0 bridgehead atoms. The average Bonchev–Trinajstić information content (AvgIpc) is 2.69. The van der Waals surface area contributed by atoms with Crippen molar-refractivity contribution in [3.05, 3.63) is 71.8 Å². The third-order valence-electron chi connectivity index (χ3n) is 5.30. The third kappa shape index (κ3) is 5.10. The van der Waals surface area contributed by atoms with Gasteiger partial charge in [0.05, 0.1) is 37.6 Å². The normalized spacial score (nSPS) is 17.2. The van der Waals surface area contributed by atoms with Gasteiger partial charge in [0.1, 0.15) is 0 Å². The highest BCUT2D eigenvalue weighted by atomic mass is 32.2. The fourth-order valence-electron chi connectivity index (χ4n) is 3.45. The fourth-order valence-corrected chi connectivity index (χ4v) is 4.89. The minimum absolute atomic E-state index is 0.0184. The number of piperazine rings is 1. The molecule has 150 valence electrons. The minimum atomic E-state index is -3.41. The Hall–Kier alpha value is -1.95. The zero-order valence-corrected chi connectivity index (χ0v) is 17.9. The zero-order chi connectivity index (χ0) is 20.2. The molecule has 0 aromatic heterocycles. The molecular formula is C23H31N2O2S+. The maximum Gasteiger partial charge on any atom is 0.243 e. The van der Waals surface area contributed by atoms with Gasteiger partial charge in [-0.05, 0) is 34.8 Å². The SMILES string of the molecule is CC(C)(C)c1ccc(S(=O)(=O)N2CC[NH+](C/C=C/c3ccccc3)CC2)cc1. The number of hydrogen-bond acceptors (Lipinski definition) is 2. The Morgan fingerprint density at radius 3 is 2.14 bits per heavy atom. The summed E-state index contributed by atoms with van der Waals surface area (Å²) in [7, 11) is -3.41. The first-order valence-corrected chi connectivity index (χ1v) is 11.4. The van der Waals surface area contributed by atoms with Crippen LogP contribution in [0.4, 0.5) is 0 Å². The second-order valence-electron chi connectivity index (χ2n) is 8.45. The van der Waals surface area contributed by atoms with Crippen molar-refractivity contribution < 1.29 is 13.3 Å². The topological polar surface area (TPSA) is 41.8 Å². The summed E-state index contributed by atoms with van der Waals surface area (Å²) < 4.78 is 27.5. The number of hydrogen-bond donors (Lipinski definition) is 1. The van der Waals surface area contributed by atoms with E-state index in [4.69, 9.17) is 0 Å². The van der Waals surface area contributed by atoms with Crippen molar-refractivity contribution in [2.75, 3.05) is 32.7 Å². The van der Waals surface area contributed by atoms with Crippen molar-refractivity contribution in [3.63, 3.8) is 0 Å². The molecule has 1 fully saturated rings. The molecule has 28 heavy (non-hydrogen) atoms. The Balaban J connectivity index is 1.57. The largest absolute Gasteiger partial charge is 0.329 e. The van der Waals surface area contributed by atoms with Crippen LogP contribution in [-0.4, -0.2) is 45.4 Å². The molecule has 1 aliphatic rings. The van der Waals surface area contributed by atoms with Gasteiger partial charge in [0, 0.05) is 0 Å². The van der Waals surface area contributed by atoms with E-state index in [1.54, 1.807) is 16.4 Å². The lowest BCUT2D eigenvalue weighted by atomic mass is 9.87. The van der Waals surface area contributed by atoms with Gasteiger partial charge in [-0.25, -0.2) is 8.42 Å². The molecule has 1 heterocycles. The lowest BCUT2D eigenvalue weighted by Crippen LogP contribution is -3.14. The first-order chi connectivity index (χ1) is 13.3. The highest BCUT2D eigenvalue weighted by molar-refractivity contribution is 7.89. The highest BCUT2D eigenvalue weighted by Crippen LogP contribution is 2.24. The number of sulfonamides is 1. The Labute approximate surface area is 169 Å². The molecule has 1 N–H and O–H groups in total. The van der Waals surface area contributed by atoms with Crippen LogP contribution in [0, 0.1) is 0 Å². The predicted molar refractivity (Wildman–Crippen MR) is 115 cm³/mol. The van der Waals surface area contributed by atoms with Crippen molar-refractivity contribution in [2.45, 2.75) is 31.1 Å². The van der Waals surface area contributed by atoms with Crippen LogP contribution in [0.15, 0.2) is 65.6 Å². The molecule has 0 spiro atoms. The standard InChI is InChI=1S/C23H30N2O2S/c1-23(2,3)21-11-13-22(14-12-21)28(26,27)25-18-16-24(17-19-25)15-7-10-20-8-5-4-6-9-20/h4-14H,15-19H2,1-3H3/p+1/b10-7+. The van der Waals surface area contributed by atoms with E-state index in [0.717, 1.165) is 25.2 Å². The fraction of sp³-hybridized carbons (Fsp3) is 0.391. The van der Waals surface area contributed by atoms with Crippen LogP contribution in [-0.2, 0) is 15.4 Å². The number of nitrogens with one attached hydrogen (secondary N) is 1. The molecule has 0 radical (unpaired) electrons. The van der Waals surface area contributed by atoms with Crippen LogP contribution in [0.5, 0.6) is 0 Å². The molecule has 3 rings (SSSR count). The van der Waals surface area contributed by atoms with E-state index in [9.17, 15) is 8.42 Å². The lowest BCUT2D eigenvalue weighted by molar-refractivity contribution is -0.897. The summed E-state index contributed by atoms with van der Waals surface area (Å²) >= 11 is 0. The summed E-state index contributed by atoms with van der Waals surface area (Å²) in [6, 6.07) is 17.6. The maximum atomic E-state index is 13.0. The van der Waals surface area contributed by atoms with E-state index >= 15 is 0 Å². The Morgan fingerprint density at radius 1 is 0.964 bits per heavy atom. The predicted octanol–water partition coefficient (Wildman–Crippen LogP) is 2.59. The summed E-state index contributed by atoms with van der Waals surface area (Å²) in [5.74, 6) is 0. The van der Waals surface area contributed by atoms with Gasteiger partial charge >= 0.3 is 0 Å². The van der Waals surface area contributed by atoms with Crippen molar-refractivity contribution in [3.8, 4) is 0 Å². The third-order valence-corrected chi connectivity index (χ3v) is 7.22. The van der Waals surface area contributed by atoms with Gasteiger partial charge in [0.15, 0.2) is 0 Å². The molecule has 0 amide bonds. The van der Waals surface area contributed by atoms with E-state index in [2.05, 4.69) is 45.1 Å². The molecule has 2 aromatic rings. The number of nitrogens with zero attached hydrogens (tertiary/aromatic N) is 1. The number of benzene rings is 2. The summed E-state index contributed by atoms with van der Waals surface area (Å²) in [5, 5.41) is 0. The van der Waals surface area contributed by atoms with Gasteiger partial charge in [0.2, 0.25) is 10.0 Å². The molecule has 0 unspecified atom stereocenters. The highest BCUT2D eigenvalue weighted by Gasteiger charge is 2.30. The van der Waals surface area contributed by atoms with Crippen LogP contribution in [0.25, 0.3) is 6.08 Å². The van der Waals surface area contributed by atoms with Crippen LogP contribution in [0.2, 0.25) is 0 Å². The number of quaternary nitrogens is 1. The molecule has 0 aliphatic carbocycles. The second kappa shape index (κ2) is 8.60. The smallest absolute Gasteiger partial charge is 0.243 e. The van der Waals surface area contributed by atoms with E-state index in [1.165, 1.54) is 10.5 Å². The van der Waals surface area contributed by atoms with Crippen molar-refractivity contribution >= 4 is 16.1 Å². The van der Waals surface area contributed by atoms with Crippen molar-refractivity contribution in [1.82, 2.24) is 4.31 Å². The summed E-state index contributed by atoms with van der Waals surface area (Å²) in [6.07, 6.45) is 4.31. The van der Waals surface area contributed by atoms with Crippen LogP contribution in [0.3, 0.4) is 0 Å². The monoisotopic (exact) mass is 399 g/mol. The van der Waals surface area contributed by atoms with Crippen molar-refractivity contribution in [1.29, 1.82) is 0 Å². The van der Waals surface area contributed by atoms with Gasteiger partial charge in [-0.1, -0.05) is 69.3 Å². The van der Waals surface area contributed by atoms with E-state index in [-0.39, 0.29) is 5.41 Å². The maximum absolute atomic E-state index is 13.0. The zero-order valence-electron chi connectivity index (χ0n) is 17.1. The average molecular weight is 400 g/mol. The molecule has 1 aliphatic heterocycles. The van der Waals surface area contributed by atoms with Crippen LogP contribution < -0.4 is 4.90 Å². The summed E-state index contributed by atoms with van der Waals surface area (Å²) in [6.45, 7) is 10.1. The van der Waals surface area contributed by atoms with Crippen molar-refractivity contribution in [2.24, 2.45) is 0 Å². The lowest BCUT2D eigenvalue weighted by Gasteiger charge is -2.31. The van der Waals surface area contributed by atoms with Gasteiger partial charge in [-0.2, -0.15) is 4.31 Å². The summed E-state index contributed by atoms with van der Waals surface area (Å²) in [4.78, 5) is 1.81. The molecule has 4 nitrogen and oxygen atoms in total. The van der Waals surface area contributed by atoms with E-state index < -0.39 is 10.0 Å². The molecule has 0 saturated carbocycles. The molecule has 2 aromatic carbocycles. The quantitative estimate of drug-likeness (QED) is 0.840. The molecule has 1 saturated heterocycles. The Bertz CT molecular complexity index is 890. The molecule has 5 heteroatoms. The summed E-state index contributed by atoms with van der Waals surface area (Å²) in [5.41, 5.74) is 2.36. The first-order valence-electron chi connectivity index (χ1n) is 9.93. The van der Waals surface area contributed by atoms with Gasteiger partial charge in [-0.3, -0.25) is 0 Å². The Morgan fingerprint density at radius 2 is 1.57 bits per heavy atom. The second-order valence-corrected chi connectivity index (χ2v) is 10.4.